The largest absolute Gasteiger partial charge is 0.249 e. The van der Waals surface area contributed by atoms with E-state index < -0.39 is 0 Å². The average Bonchev–Trinajstić information content (AvgIpc) is 1.84. The minimum Gasteiger partial charge on any atom is -0.249 e. The summed E-state index contributed by atoms with van der Waals surface area (Å²) in [6.07, 6.45) is -0.108. The predicted molar refractivity (Wildman–Crippen MR) is 31.9 cm³/mol. The van der Waals surface area contributed by atoms with Gasteiger partial charge in [0.15, 0.2) is 0 Å². The van der Waals surface area contributed by atoms with Gasteiger partial charge in [0.2, 0.25) is 0 Å². The zero-order chi connectivity index (χ0) is 7.72. The van der Waals surface area contributed by atoms with Crippen LogP contribution in [0.5, 0.6) is 0 Å². The highest BCUT2D eigenvalue weighted by Crippen LogP contribution is 2.00. The van der Waals surface area contributed by atoms with Crippen molar-refractivity contribution in [2.75, 3.05) is 0 Å². The van der Waals surface area contributed by atoms with Crippen molar-refractivity contribution in [3.05, 3.63) is 28.9 Å². The molecule has 0 aliphatic carbocycles. The lowest BCUT2D eigenvalue weighted by Gasteiger charge is -1.80. The Morgan fingerprint density at radius 1 is 1.86 bits per heavy atom. The Hall–Kier alpha value is -0.370. The van der Waals surface area contributed by atoms with Crippen LogP contribution < -0.4 is 0 Å². The minimum atomic E-state index is -0.108. The topological polar surface area (TPSA) is 12.9 Å². The van der Waals surface area contributed by atoms with Crippen LogP contribution in [0, 0.1) is 0 Å². The van der Waals surface area contributed by atoms with Gasteiger partial charge in [0.05, 0.1) is 4.11 Å². The van der Waals surface area contributed by atoms with Crippen LogP contribution in [0.1, 0.15) is 4.11 Å². The van der Waals surface area contributed by atoms with E-state index in [4.69, 9.17) is 4.11 Å². The van der Waals surface area contributed by atoms with Gasteiger partial charge in [-0.25, -0.2) is 4.98 Å². The van der Waals surface area contributed by atoms with E-state index in [1.165, 1.54) is 6.07 Å². The standard InChI is InChI=1S/C5H4BrN/c6-5-3-1-2-4-7-5/h1-4H/i2D,3D,4D. The molecule has 0 spiro atoms. The molecule has 1 rings (SSSR count). The molecule has 0 fully saturated rings. The van der Waals surface area contributed by atoms with E-state index in [1.807, 2.05) is 0 Å². The molecular formula is C5H4BrN. The molecule has 0 radical (unpaired) electrons. The number of aromatic nitrogens is 1. The summed E-state index contributed by atoms with van der Waals surface area (Å²) < 4.78 is 21.6. The van der Waals surface area contributed by atoms with Gasteiger partial charge < -0.3 is 0 Å². The second-order valence-electron chi connectivity index (χ2n) is 0.947. The monoisotopic (exact) mass is 160 g/mol. The van der Waals surface area contributed by atoms with Crippen LogP contribution in [0.15, 0.2) is 28.9 Å². The van der Waals surface area contributed by atoms with E-state index in [9.17, 15) is 0 Å². The van der Waals surface area contributed by atoms with Gasteiger partial charge in [-0.05, 0) is 28.0 Å². The van der Waals surface area contributed by atoms with Crippen molar-refractivity contribution < 1.29 is 4.11 Å². The summed E-state index contributed by atoms with van der Waals surface area (Å²) in [6.45, 7) is 0. The molecule has 1 heterocycles. The third kappa shape index (κ3) is 1.27. The zero-order valence-electron chi connectivity index (χ0n) is 6.40. The molecule has 0 aliphatic heterocycles. The van der Waals surface area contributed by atoms with E-state index in [0.29, 0.717) is 4.60 Å². The van der Waals surface area contributed by atoms with Gasteiger partial charge in [0.25, 0.3) is 0 Å². The van der Waals surface area contributed by atoms with Crippen molar-refractivity contribution in [2.24, 2.45) is 0 Å². The first-order valence-corrected chi connectivity index (χ1v) is 2.51. The van der Waals surface area contributed by atoms with E-state index in [2.05, 4.69) is 20.9 Å². The fourth-order valence-corrected chi connectivity index (χ4v) is 0.445. The summed E-state index contributed by atoms with van der Waals surface area (Å²) in [5, 5.41) is 0. The highest BCUT2D eigenvalue weighted by atomic mass is 79.9. The molecule has 0 aromatic carbocycles. The highest BCUT2D eigenvalue weighted by molar-refractivity contribution is 9.10. The molecule has 36 valence electrons. The molecule has 0 saturated carbocycles. The quantitative estimate of drug-likeness (QED) is 0.529. The summed E-state index contributed by atoms with van der Waals surface area (Å²) in [5.41, 5.74) is 0. The minimum absolute atomic E-state index is 0.0202. The molecule has 7 heavy (non-hydrogen) atoms. The van der Waals surface area contributed by atoms with Crippen LogP contribution in [-0.4, -0.2) is 4.98 Å². The molecule has 0 amide bonds. The first-order valence-electron chi connectivity index (χ1n) is 3.21. The van der Waals surface area contributed by atoms with Gasteiger partial charge in [0.1, 0.15) is 4.60 Å². The van der Waals surface area contributed by atoms with Crippen LogP contribution in [0.3, 0.4) is 0 Å². The molecule has 1 nitrogen and oxygen atoms in total. The Bertz CT molecular complexity index is 213. The first kappa shape index (κ1) is 2.27. The predicted octanol–water partition coefficient (Wildman–Crippen LogP) is 1.84. The summed E-state index contributed by atoms with van der Waals surface area (Å²) in [7, 11) is 0. The Morgan fingerprint density at radius 3 is 3.43 bits per heavy atom. The van der Waals surface area contributed by atoms with Gasteiger partial charge in [-0.1, -0.05) is 6.07 Å². The van der Waals surface area contributed by atoms with Crippen LogP contribution in [0.4, 0.5) is 0 Å². The molecule has 0 bridgehead atoms. The van der Waals surface area contributed by atoms with E-state index in [0.717, 1.165) is 0 Å². The van der Waals surface area contributed by atoms with Gasteiger partial charge in [0, 0.05) is 6.17 Å². The molecule has 0 atom stereocenters. The number of nitrogens with zero attached hydrogens (tertiary/aromatic N) is 1. The van der Waals surface area contributed by atoms with E-state index in [-0.39, 0.29) is 18.3 Å². The second-order valence-corrected chi connectivity index (χ2v) is 1.70. The Kier molecular flexibility index (Phi) is 0.671. The fraction of sp³-hybridized carbons (Fsp3) is 0. The molecular weight excluding hydrogens is 154 g/mol. The van der Waals surface area contributed by atoms with E-state index >= 15 is 0 Å². The molecule has 1 aromatic heterocycles. The van der Waals surface area contributed by atoms with Crippen LogP contribution in [-0.2, 0) is 0 Å². The molecule has 0 aliphatic rings. The number of rotatable bonds is 0. The van der Waals surface area contributed by atoms with Gasteiger partial charge in [-0.15, -0.1) is 0 Å². The van der Waals surface area contributed by atoms with Gasteiger partial charge >= 0.3 is 0 Å². The summed E-state index contributed by atoms with van der Waals surface area (Å²) >= 11 is 2.98. The van der Waals surface area contributed by atoms with Crippen molar-refractivity contribution in [1.29, 1.82) is 0 Å². The van der Waals surface area contributed by atoms with Crippen LogP contribution in [0.2, 0.25) is 0 Å². The van der Waals surface area contributed by atoms with E-state index in [1.54, 1.807) is 0 Å². The number of hydrogen-bond donors (Lipinski definition) is 0. The highest BCUT2D eigenvalue weighted by Gasteiger charge is 1.75. The molecule has 0 N–H and O–H groups in total. The summed E-state index contributed by atoms with van der Waals surface area (Å²) in [4.78, 5) is 3.58. The summed E-state index contributed by atoms with van der Waals surface area (Å²) in [6, 6.07) is 1.40. The van der Waals surface area contributed by atoms with Crippen LogP contribution >= 0.6 is 15.9 Å². The maximum atomic E-state index is 7.14. The lowest BCUT2D eigenvalue weighted by atomic mass is 10.5. The maximum Gasteiger partial charge on any atom is 0.106 e. The zero-order valence-corrected chi connectivity index (χ0v) is 4.99. The van der Waals surface area contributed by atoms with Crippen molar-refractivity contribution in [3.63, 3.8) is 0 Å². The maximum absolute atomic E-state index is 7.14. The van der Waals surface area contributed by atoms with Gasteiger partial charge in [-0.3, -0.25) is 0 Å². The Labute approximate surface area is 54.7 Å². The molecule has 1 aromatic rings. The SMILES string of the molecule is [2H]c1cc([2H])c(Br)nc1[2H]. The van der Waals surface area contributed by atoms with Crippen LogP contribution in [0.25, 0.3) is 0 Å². The van der Waals surface area contributed by atoms with Crippen molar-refractivity contribution in [2.45, 2.75) is 0 Å². The lowest BCUT2D eigenvalue weighted by molar-refractivity contribution is 1.28. The third-order valence-corrected chi connectivity index (χ3v) is 0.888. The average molecular weight is 161 g/mol. The number of halogens is 1. The number of pyridine rings is 1. The third-order valence-electron chi connectivity index (χ3n) is 0.482. The molecule has 0 saturated heterocycles. The summed E-state index contributed by atoms with van der Waals surface area (Å²) in [5.74, 6) is 0. The Morgan fingerprint density at radius 2 is 2.71 bits per heavy atom. The van der Waals surface area contributed by atoms with Crippen molar-refractivity contribution >= 4 is 15.9 Å². The van der Waals surface area contributed by atoms with Gasteiger partial charge in [-0.2, -0.15) is 0 Å². The number of hydrogen-bond acceptors (Lipinski definition) is 1. The smallest absolute Gasteiger partial charge is 0.106 e. The lowest BCUT2D eigenvalue weighted by Crippen LogP contribution is -1.66. The van der Waals surface area contributed by atoms with Crippen molar-refractivity contribution in [3.8, 4) is 0 Å². The molecule has 0 unspecified atom stereocenters. The second kappa shape index (κ2) is 2.07. The normalized spacial score (nSPS) is 14.7. The molecule has 2 heteroatoms. The fourth-order valence-electron chi connectivity index (χ4n) is 0.242. The van der Waals surface area contributed by atoms with Crippen molar-refractivity contribution in [1.82, 2.24) is 4.98 Å². The Balaban J connectivity index is 3.28. The first-order chi connectivity index (χ1) is 4.61.